The Kier molecular flexibility index (Phi) is 3.93. The van der Waals surface area contributed by atoms with Crippen molar-refractivity contribution in [1.29, 1.82) is 0 Å². The van der Waals surface area contributed by atoms with E-state index < -0.39 is 6.36 Å². The van der Waals surface area contributed by atoms with E-state index in [0.717, 1.165) is 12.5 Å². The van der Waals surface area contributed by atoms with Crippen molar-refractivity contribution in [3.05, 3.63) is 23.9 Å². The van der Waals surface area contributed by atoms with Gasteiger partial charge in [0.15, 0.2) is 0 Å². The van der Waals surface area contributed by atoms with Crippen molar-refractivity contribution in [2.45, 2.75) is 26.1 Å². The van der Waals surface area contributed by atoms with E-state index in [-0.39, 0.29) is 17.1 Å². The molecule has 0 amide bonds. The first-order chi connectivity index (χ1) is 9.43. The Bertz CT molecular complexity index is 617. The molecule has 1 aromatic heterocycles. The first-order valence-electron chi connectivity index (χ1n) is 5.86. The zero-order chi connectivity index (χ0) is 14.8. The Morgan fingerprint density at radius 3 is 2.55 bits per heavy atom. The second kappa shape index (κ2) is 5.49. The average molecular weight is 287 g/mol. The standard InChI is InChI=1S/C12H12F3N3O2/c1-2-3-9-11(20-16)18-8-5-4-7(6-10(8)17-9)19-12(13,14)15/h4-6H,2-3,16H2,1H3. The third-order valence-corrected chi connectivity index (χ3v) is 2.50. The SMILES string of the molecule is CCCc1nc2cc(OC(F)(F)F)ccc2nc1ON. The predicted molar refractivity (Wildman–Crippen MR) is 65.0 cm³/mol. The number of halogens is 3. The van der Waals surface area contributed by atoms with Crippen molar-refractivity contribution in [3.63, 3.8) is 0 Å². The molecule has 2 N–H and O–H groups in total. The molecule has 0 bridgehead atoms. The number of aromatic nitrogens is 2. The minimum Gasteiger partial charge on any atom is -0.406 e. The van der Waals surface area contributed by atoms with E-state index in [1.165, 1.54) is 12.1 Å². The molecule has 0 aliphatic heterocycles. The van der Waals surface area contributed by atoms with Gasteiger partial charge < -0.3 is 9.57 Å². The van der Waals surface area contributed by atoms with Gasteiger partial charge in [-0.05, 0) is 18.6 Å². The lowest BCUT2D eigenvalue weighted by Gasteiger charge is -2.10. The van der Waals surface area contributed by atoms with E-state index in [2.05, 4.69) is 19.5 Å². The third kappa shape index (κ3) is 3.27. The Labute approximate surface area is 112 Å². The van der Waals surface area contributed by atoms with Crippen LogP contribution < -0.4 is 15.5 Å². The molecule has 0 radical (unpaired) electrons. The van der Waals surface area contributed by atoms with E-state index >= 15 is 0 Å². The Morgan fingerprint density at radius 2 is 1.95 bits per heavy atom. The van der Waals surface area contributed by atoms with Gasteiger partial charge in [0.2, 0.25) is 0 Å². The highest BCUT2D eigenvalue weighted by molar-refractivity contribution is 5.76. The molecule has 1 aromatic carbocycles. The molecule has 5 nitrogen and oxygen atoms in total. The molecule has 0 aliphatic rings. The molecule has 2 aromatic rings. The van der Waals surface area contributed by atoms with Gasteiger partial charge in [0, 0.05) is 6.07 Å². The number of hydrogen-bond acceptors (Lipinski definition) is 5. The molecule has 0 saturated heterocycles. The van der Waals surface area contributed by atoms with Gasteiger partial charge in [-0.1, -0.05) is 13.3 Å². The Balaban J connectivity index is 2.45. The number of ether oxygens (including phenoxy) is 1. The summed E-state index contributed by atoms with van der Waals surface area (Å²) in [4.78, 5) is 12.9. The number of benzene rings is 1. The molecule has 0 atom stereocenters. The minimum absolute atomic E-state index is 0.170. The molecule has 108 valence electrons. The highest BCUT2D eigenvalue weighted by Crippen LogP contribution is 2.27. The first-order valence-corrected chi connectivity index (χ1v) is 5.86. The second-order valence-corrected chi connectivity index (χ2v) is 4.04. The second-order valence-electron chi connectivity index (χ2n) is 4.04. The number of nitrogens with two attached hydrogens (primary N) is 1. The van der Waals surface area contributed by atoms with Crippen LogP contribution in [0.1, 0.15) is 19.0 Å². The van der Waals surface area contributed by atoms with Crippen LogP contribution in [0, 0.1) is 0 Å². The average Bonchev–Trinajstić information content (AvgIpc) is 2.36. The fourth-order valence-electron chi connectivity index (χ4n) is 1.75. The number of aryl methyl sites for hydroxylation is 1. The van der Waals surface area contributed by atoms with Gasteiger partial charge in [-0.3, -0.25) is 0 Å². The van der Waals surface area contributed by atoms with Gasteiger partial charge in [0.1, 0.15) is 11.4 Å². The molecule has 0 aliphatic carbocycles. The molecular formula is C12H12F3N3O2. The summed E-state index contributed by atoms with van der Waals surface area (Å²) in [6.07, 6.45) is -3.41. The number of fused-ring (bicyclic) bond motifs is 1. The van der Waals surface area contributed by atoms with Gasteiger partial charge in [0.05, 0.1) is 11.0 Å². The van der Waals surface area contributed by atoms with Crippen molar-refractivity contribution < 1.29 is 22.7 Å². The zero-order valence-electron chi connectivity index (χ0n) is 10.6. The summed E-state index contributed by atoms with van der Waals surface area (Å²) >= 11 is 0. The molecule has 20 heavy (non-hydrogen) atoms. The fourth-order valence-corrected chi connectivity index (χ4v) is 1.75. The fraction of sp³-hybridized carbons (Fsp3) is 0.333. The smallest absolute Gasteiger partial charge is 0.406 e. The molecular weight excluding hydrogens is 275 g/mol. The summed E-state index contributed by atoms with van der Waals surface area (Å²) in [5, 5.41) is 0. The van der Waals surface area contributed by atoms with Crippen LogP contribution in [0.25, 0.3) is 11.0 Å². The normalized spacial score (nSPS) is 11.7. The number of alkyl halides is 3. The molecule has 0 saturated carbocycles. The molecule has 0 spiro atoms. The monoisotopic (exact) mass is 287 g/mol. The van der Waals surface area contributed by atoms with E-state index in [9.17, 15) is 13.2 Å². The first kappa shape index (κ1) is 14.3. The van der Waals surface area contributed by atoms with Crippen molar-refractivity contribution in [2.75, 3.05) is 0 Å². The van der Waals surface area contributed by atoms with E-state index in [0.29, 0.717) is 17.6 Å². The lowest BCUT2D eigenvalue weighted by molar-refractivity contribution is -0.274. The zero-order valence-corrected chi connectivity index (χ0v) is 10.6. The lowest BCUT2D eigenvalue weighted by atomic mass is 10.2. The highest BCUT2D eigenvalue weighted by Gasteiger charge is 2.31. The van der Waals surface area contributed by atoms with Crippen LogP contribution in [0.4, 0.5) is 13.2 Å². The summed E-state index contributed by atoms with van der Waals surface area (Å²) in [5.74, 6) is 4.94. The molecule has 2 rings (SSSR count). The maximum atomic E-state index is 12.2. The van der Waals surface area contributed by atoms with E-state index in [4.69, 9.17) is 5.90 Å². The van der Waals surface area contributed by atoms with E-state index in [1.54, 1.807) is 0 Å². The maximum Gasteiger partial charge on any atom is 0.573 e. The van der Waals surface area contributed by atoms with Gasteiger partial charge in [-0.2, -0.15) is 5.90 Å². The summed E-state index contributed by atoms with van der Waals surface area (Å²) in [5.41, 5.74) is 1.16. The Hall–Kier alpha value is -2.09. The predicted octanol–water partition coefficient (Wildman–Crippen LogP) is 2.73. The van der Waals surface area contributed by atoms with Gasteiger partial charge in [-0.15, -0.1) is 13.2 Å². The van der Waals surface area contributed by atoms with Crippen molar-refractivity contribution in [2.24, 2.45) is 5.90 Å². The van der Waals surface area contributed by atoms with Crippen LogP contribution in [0.2, 0.25) is 0 Å². The largest absolute Gasteiger partial charge is 0.573 e. The lowest BCUT2D eigenvalue weighted by Crippen LogP contribution is -2.17. The van der Waals surface area contributed by atoms with Crippen molar-refractivity contribution in [3.8, 4) is 11.6 Å². The van der Waals surface area contributed by atoms with Gasteiger partial charge in [-0.25, -0.2) is 9.97 Å². The maximum absolute atomic E-state index is 12.2. The highest BCUT2D eigenvalue weighted by atomic mass is 19.4. The van der Waals surface area contributed by atoms with Gasteiger partial charge >= 0.3 is 6.36 Å². The van der Waals surface area contributed by atoms with Crippen LogP contribution in [0.3, 0.4) is 0 Å². The van der Waals surface area contributed by atoms with Crippen LogP contribution >= 0.6 is 0 Å². The van der Waals surface area contributed by atoms with Crippen LogP contribution in [0.15, 0.2) is 18.2 Å². The number of nitrogens with zero attached hydrogens (tertiary/aromatic N) is 2. The minimum atomic E-state index is -4.74. The summed E-state index contributed by atoms with van der Waals surface area (Å²) < 4.78 is 40.3. The third-order valence-electron chi connectivity index (χ3n) is 2.50. The van der Waals surface area contributed by atoms with Gasteiger partial charge in [0.25, 0.3) is 5.88 Å². The Morgan fingerprint density at radius 1 is 1.20 bits per heavy atom. The summed E-state index contributed by atoms with van der Waals surface area (Å²) in [6, 6.07) is 3.70. The summed E-state index contributed by atoms with van der Waals surface area (Å²) in [6.45, 7) is 1.93. The molecule has 0 unspecified atom stereocenters. The number of rotatable bonds is 4. The molecule has 1 heterocycles. The number of hydrogen-bond donors (Lipinski definition) is 1. The molecule has 8 heteroatoms. The van der Waals surface area contributed by atoms with Crippen LogP contribution in [-0.2, 0) is 6.42 Å². The van der Waals surface area contributed by atoms with Crippen LogP contribution in [-0.4, -0.2) is 16.3 Å². The van der Waals surface area contributed by atoms with Crippen molar-refractivity contribution >= 4 is 11.0 Å². The topological polar surface area (TPSA) is 70.3 Å². The summed E-state index contributed by atoms with van der Waals surface area (Å²) in [7, 11) is 0. The quantitative estimate of drug-likeness (QED) is 0.875. The van der Waals surface area contributed by atoms with Crippen molar-refractivity contribution in [1.82, 2.24) is 9.97 Å². The molecule has 0 fully saturated rings. The van der Waals surface area contributed by atoms with E-state index in [1.807, 2.05) is 6.92 Å². The van der Waals surface area contributed by atoms with Crippen LogP contribution in [0.5, 0.6) is 11.6 Å².